The minimum absolute atomic E-state index is 0.00600. The van der Waals surface area contributed by atoms with Gasteiger partial charge in [-0.25, -0.2) is 0 Å². The Labute approximate surface area is 118 Å². The van der Waals surface area contributed by atoms with Crippen LogP contribution in [0.2, 0.25) is 5.02 Å². The quantitative estimate of drug-likeness (QED) is 0.815. The predicted molar refractivity (Wildman–Crippen MR) is 75.1 cm³/mol. The maximum absolute atomic E-state index is 11.8. The Balaban J connectivity index is 2.38. The molecule has 92 valence electrons. The maximum atomic E-state index is 11.8. The number of hydrogen-bond acceptors (Lipinski definition) is 3. The van der Waals surface area contributed by atoms with Gasteiger partial charge in [0.25, 0.3) is 0 Å². The van der Waals surface area contributed by atoms with Gasteiger partial charge in [0.2, 0.25) is 5.91 Å². The van der Waals surface area contributed by atoms with Gasteiger partial charge in [-0.15, -0.1) is 0 Å². The van der Waals surface area contributed by atoms with Gasteiger partial charge in [-0.1, -0.05) is 11.6 Å². The summed E-state index contributed by atoms with van der Waals surface area (Å²) in [7, 11) is 0. The molecule has 0 aromatic heterocycles. The van der Waals surface area contributed by atoms with Gasteiger partial charge in [0, 0.05) is 18.0 Å². The van der Waals surface area contributed by atoms with Crippen LogP contribution in [0.4, 0.5) is 5.69 Å². The number of carbonyl (C=O) groups is 1. The zero-order valence-electron chi connectivity index (χ0n) is 8.86. The molecule has 0 saturated carbocycles. The lowest BCUT2D eigenvalue weighted by atomic mass is 10.1. The van der Waals surface area contributed by atoms with Crippen molar-refractivity contribution in [2.75, 3.05) is 17.2 Å². The summed E-state index contributed by atoms with van der Waals surface area (Å²) in [4.78, 5) is 13.4. The molecule has 1 aromatic carbocycles. The summed E-state index contributed by atoms with van der Waals surface area (Å²) in [6.07, 6.45) is 0.465. The molecule has 0 radical (unpaired) electrons. The molecule has 6 heteroatoms. The second kappa shape index (κ2) is 5.08. The van der Waals surface area contributed by atoms with E-state index in [1.54, 1.807) is 17.0 Å². The van der Waals surface area contributed by atoms with E-state index in [1.165, 1.54) is 0 Å². The number of rotatable bonds is 2. The molecule has 1 amide bonds. The summed E-state index contributed by atoms with van der Waals surface area (Å²) in [6.45, 7) is 0.572. The van der Waals surface area contributed by atoms with Crippen LogP contribution in [-0.4, -0.2) is 23.3 Å². The summed E-state index contributed by atoms with van der Waals surface area (Å²) in [5.41, 5.74) is 0.457. The molecule has 1 saturated heterocycles. The molecule has 1 aliphatic heterocycles. The molecular weight excluding hydrogens is 326 g/mol. The second-order valence-electron chi connectivity index (χ2n) is 4.01. The number of thiol groups is 1. The third-order valence-corrected chi connectivity index (χ3v) is 4.10. The highest BCUT2D eigenvalue weighted by atomic mass is 79.9. The highest BCUT2D eigenvalue weighted by molar-refractivity contribution is 9.10. The van der Waals surface area contributed by atoms with Crippen molar-refractivity contribution in [3.05, 3.63) is 21.6 Å². The highest BCUT2D eigenvalue weighted by Gasteiger charge is 2.31. The van der Waals surface area contributed by atoms with Gasteiger partial charge >= 0.3 is 0 Å². The molecule has 17 heavy (non-hydrogen) atoms. The van der Waals surface area contributed by atoms with Gasteiger partial charge in [-0.05, 0) is 39.7 Å². The number of amides is 1. The van der Waals surface area contributed by atoms with E-state index >= 15 is 0 Å². The lowest BCUT2D eigenvalue weighted by Crippen LogP contribution is -2.24. The molecule has 0 spiro atoms. The van der Waals surface area contributed by atoms with Crippen LogP contribution in [0.5, 0.6) is 5.75 Å². The Kier molecular flexibility index (Phi) is 3.90. The first-order valence-electron chi connectivity index (χ1n) is 5.12. The number of hydrogen-bond donors (Lipinski definition) is 2. The Morgan fingerprint density at radius 3 is 2.88 bits per heavy atom. The fourth-order valence-electron chi connectivity index (χ4n) is 1.89. The Morgan fingerprint density at radius 1 is 1.59 bits per heavy atom. The van der Waals surface area contributed by atoms with Crippen molar-refractivity contribution in [1.29, 1.82) is 0 Å². The lowest BCUT2D eigenvalue weighted by molar-refractivity contribution is -0.117. The topological polar surface area (TPSA) is 40.5 Å². The van der Waals surface area contributed by atoms with Crippen LogP contribution in [0.1, 0.15) is 6.42 Å². The molecule has 1 unspecified atom stereocenters. The molecule has 1 heterocycles. The van der Waals surface area contributed by atoms with E-state index in [1.807, 2.05) is 0 Å². The Bertz CT molecular complexity index is 469. The van der Waals surface area contributed by atoms with E-state index < -0.39 is 0 Å². The van der Waals surface area contributed by atoms with E-state index in [2.05, 4.69) is 28.6 Å². The van der Waals surface area contributed by atoms with E-state index in [-0.39, 0.29) is 17.6 Å². The van der Waals surface area contributed by atoms with Gasteiger partial charge in [0.1, 0.15) is 0 Å². The first kappa shape index (κ1) is 13.1. The SMILES string of the molecule is O=C1CC(CS)CN1c1cc(Cl)cc(Br)c1O. The van der Waals surface area contributed by atoms with Crippen molar-refractivity contribution in [1.82, 2.24) is 0 Å². The number of carbonyl (C=O) groups excluding carboxylic acids is 1. The minimum Gasteiger partial charge on any atom is -0.505 e. The average molecular weight is 337 g/mol. The normalized spacial score (nSPS) is 20.1. The standard InChI is InChI=1S/C11H11BrClNO2S/c12-8-2-7(13)3-9(11(8)16)14-4-6(5-17)1-10(14)15/h2-3,6,16-17H,1,4-5H2. The molecule has 2 rings (SSSR count). The van der Waals surface area contributed by atoms with Crippen molar-refractivity contribution >= 4 is 51.8 Å². The summed E-state index contributed by atoms with van der Waals surface area (Å²) < 4.78 is 0.488. The number of anilines is 1. The van der Waals surface area contributed by atoms with E-state index in [0.29, 0.717) is 33.9 Å². The first-order valence-corrected chi connectivity index (χ1v) is 6.92. The Morgan fingerprint density at radius 2 is 2.29 bits per heavy atom. The monoisotopic (exact) mass is 335 g/mol. The number of phenols is 1. The molecule has 0 aliphatic carbocycles. The van der Waals surface area contributed by atoms with E-state index in [0.717, 1.165) is 0 Å². The van der Waals surface area contributed by atoms with Gasteiger partial charge in [0.15, 0.2) is 5.75 Å². The maximum Gasteiger partial charge on any atom is 0.227 e. The van der Waals surface area contributed by atoms with E-state index in [9.17, 15) is 9.90 Å². The number of benzene rings is 1. The minimum atomic E-state index is -0.00600. The number of nitrogens with zero attached hydrogens (tertiary/aromatic N) is 1. The molecule has 1 N–H and O–H groups in total. The second-order valence-corrected chi connectivity index (χ2v) is 5.67. The molecule has 3 nitrogen and oxygen atoms in total. The predicted octanol–water partition coefficient (Wildman–Crippen LogP) is 3.09. The molecular formula is C11H11BrClNO2S. The van der Waals surface area contributed by atoms with Gasteiger partial charge < -0.3 is 10.0 Å². The van der Waals surface area contributed by atoms with Crippen molar-refractivity contribution in [3.63, 3.8) is 0 Å². The highest BCUT2D eigenvalue weighted by Crippen LogP contribution is 2.40. The number of halogens is 2. The molecule has 1 fully saturated rings. The first-order chi connectivity index (χ1) is 8.02. The van der Waals surface area contributed by atoms with Crippen molar-refractivity contribution in [2.24, 2.45) is 5.92 Å². The number of phenolic OH excluding ortho intramolecular Hbond substituents is 1. The lowest BCUT2D eigenvalue weighted by Gasteiger charge is -2.18. The zero-order valence-corrected chi connectivity index (χ0v) is 12.1. The van der Waals surface area contributed by atoms with Crippen LogP contribution in [-0.2, 0) is 4.79 Å². The van der Waals surface area contributed by atoms with Gasteiger partial charge in [-0.3, -0.25) is 4.79 Å². The average Bonchev–Trinajstić information content (AvgIpc) is 2.65. The number of aromatic hydroxyl groups is 1. The fourth-order valence-corrected chi connectivity index (χ4v) is 2.93. The summed E-state index contributed by atoms with van der Waals surface area (Å²) >= 11 is 13.3. The van der Waals surface area contributed by atoms with Gasteiger partial charge in [-0.2, -0.15) is 12.6 Å². The smallest absolute Gasteiger partial charge is 0.227 e. The molecule has 1 aromatic rings. The fraction of sp³-hybridized carbons (Fsp3) is 0.364. The van der Waals surface area contributed by atoms with Crippen LogP contribution in [0, 0.1) is 5.92 Å². The third kappa shape index (κ3) is 2.56. The van der Waals surface area contributed by atoms with Crippen LogP contribution in [0.15, 0.2) is 16.6 Å². The Hall–Kier alpha value is -0.390. The molecule has 1 atom stereocenters. The van der Waals surface area contributed by atoms with E-state index in [4.69, 9.17) is 11.6 Å². The summed E-state index contributed by atoms with van der Waals surface area (Å²) in [5, 5.41) is 10.4. The van der Waals surface area contributed by atoms with Crippen molar-refractivity contribution < 1.29 is 9.90 Å². The van der Waals surface area contributed by atoms with Crippen LogP contribution in [0.3, 0.4) is 0 Å². The van der Waals surface area contributed by atoms with Crippen LogP contribution < -0.4 is 4.90 Å². The molecule has 0 bridgehead atoms. The summed E-state index contributed by atoms with van der Waals surface area (Å²) in [5.74, 6) is 0.921. The van der Waals surface area contributed by atoms with Crippen LogP contribution in [0.25, 0.3) is 0 Å². The van der Waals surface area contributed by atoms with Crippen molar-refractivity contribution in [2.45, 2.75) is 6.42 Å². The van der Waals surface area contributed by atoms with Crippen molar-refractivity contribution in [3.8, 4) is 5.75 Å². The van der Waals surface area contributed by atoms with Crippen LogP contribution >= 0.6 is 40.2 Å². The third-order valence-electron chi connectivity index (χ3n) is 2.76. The zero-order chi connectivity index (χ0) is 12.6. The largest absolute Gasteiger partial charge is 0.505 e. The van der Waals surface area contributed by atoms with Gasteiger partial charge in [0.05, 0.1) is 10.2 Å². The molecule has 1 aliphatic rings. The summed E-state index contributed by atoms with van der Waals surface area (Å²) in [6, 6.07) is 3.19.